The fraction of sp³-hybridized carbons (Fsp3) is 0.455. The van der Waals surface area contributed by atoms with Crippen LogP contribution in [0.3, 0.4) is 0 Å². The molecule has 6 nitrogen and oxygen atoms in total. The first-order valence-corrected chi connectivity index (χ1v) is 9.83. The van der Waals surface area contributed by atoms with Crippen LogP contribution in [0.4, 0.5) is 0 Å². The molecule has 1 aromatic heterocycles. The molecule has 28 heavy (non-hydrogen) atoms. The Morgan fingerprint density at radius 2 is 1.93 bits per heavy atom. The molecular formula is C22H28N2O4. The molecule has 3 rings (SSSR count). The molecule has 1 aromatic carbocycles. The lowest BCUT2D eigenvalue weighted by Gasteiger charge is -2.30. The highest BCUT2D eigenvalue weighted by molar-refractivity contribution is 5.91. The van der Waals surface area contributed by atoms with E-state index in [9.17, 15) is 9.59 Å². The second-order valence-electron chi connectivity index (χ2n) is 7.44. The molecule has 1 aliphatic heterocycles. The third kappa shape index (κ3) is 5.45. The number of rotatable bonds is 7. The van der Waals surface area contributed by atoms with E-state index < -0.39 is 0 Å². The summed E-state index contributed by atoms with van der Waals surface area (Å²) in [5.41, 5.74) is 2.16. The second-order valence-corrected chi connectivity index (χ2v) is 7.44. The maximum Gasteiger partial charge on any atom is 0.289 e. The first-order valence-electron chi connectivity index (χ1n) is 9.83. The summed E-state index contributed by atoms with van der Waals surface area (Å²) in [4.78, 5) is 26.6. The van der Waals surface area contributed by atoms with Crippen LogP contribution in [-0.4, -0.2) is 35.9 Å². The number of nitrogens with one attached hydrogen (secondary N) is 1. The number of ether oxygens (including phenoxy) is 1. The Kier molecular flexibility index (Phi) is 6.87. The predicted molar refractivity (Wildman–Crippen MR) is 106 cm³/mol. The molecule has 0 atom stereocenters. The van der Waals surface area contributed by atoms with Gasteiger partial charge in [0.2, 0.25) is 5.91 Å². The number of likely N-dealkylation sites (tertiary alicyclic amines) is 1. The van der Waals surface area contributed by atoms with E-state index in [4.69, 9.17) is 9.15 Å². The summed E-state index contributed by atoms with van der Waals surface area (Å²) in [6.45, 7) is 6.23. The van der Waals surface area contributed by atoms with E-state index in [1.807, 2.05) is 32.0 Å². The summed E-state index contributed by atoms with van der Waals surface area (Å²) in [7, 11) is 0. The molecule has 2 heterocycles. The molecule has 0 saturated carbocycles. The standard InChI is InChI=1S/C22H28N2O4/c1-16(2)28-15-18-6-3-5-17(13-18)14-23-21(25)19-8-10-24(11-9-19)22(26)20-7-4-12-27-20/h3-7,12-13,16,19H,8-11,14-15H2,1-2H3,(H,23,25). The fourth-order valence-corrected chi connectivity index (χ4v) is 3.33. The second kappa shape index (κ2) is 9.55. The molecule has 150 valence electrons. The number of hydrogen-bond donors (Lipinski definition) is 1. The van der Waals surface area contributed by atoms with Crippen molar-refractivity contribution >= 4 is 11.8 Å². The van der Waals surface area contributed by atoms with Crippen molar-refractivity contribution in [2.75, 3.05) is 13.1 Å². The van der Waals surface area contributed by atoms with Gasteiger partial charge in [0.05, 0.1) is 19.0 Å². The Bertz CT molecular complexity index is 778. The highest BCUT2D eigenvalue weighted by Gasteiger charge is 2.28. The number of carbonyl (C=O) groups excluding carboxylic acids is 2. The summed E-state index contributed by atoms with van der Waals surface area (Å²) >= 11 is 0. The first kappa shape index (κ1) is 20.1. The van der Waals surface area contributed by atoms with Gasteiger partial charge in [0.25, 0.3) is 5.91 Å². The van der Waals surface area contributed by atoms with Gasteiger partial charge in [0.1, 0.15) is 0 Å². The van der Waals surface area contributed by atoms with E-state index in [0.29, 0.717) is 44.8 Å². The maximum atomic E-state index is 12.5. The van der Waals surface area contributed by atoms with Gasteiger partial charge in [-0.15, -0.1) is 0 Å². The van der Waals surface area contributed by atoms with Crippen LogP contribution in [-0.2, 0) is 22.7 Å². The zero-order valence-corrected chi connectivity index (χ0v) is 16.5. The average Bonchev–Trinajstić information content (AvgIpc) is 3.25. The lowest BCUT2D eigenvalue weighted by Crippen LogP contribution is -2.42. The number of amides is 2. The number of nitrogens with zero attached hydrogens (tertiary/aromatic N) is 1. The zero-order chi connectivity index (χ0) is 19.9. The van der Waals surface area contributed by atoms with Gasteiger partial charge in [0, 0.05) is 25.6 Å². The molecule has 0 bridgehead atoms. The van der Waals surface area contributed by atoms with Crippen molar-refractivity contribution in [1.82, 2.24) is 10.2 Å². The molecule has 1 N–H and O–H groups in total. The van der Waals surface area contributed by atoms with E-state index in [-0.39, 0.29) is 23.8 Å². The lowest BCUT2D eigenvalue weighted by molar-refractivity contribution is -0.126. The lowest BCUT2D eigenvalue weighted by atomic mass is 9.95. The van der Waals surface area contributed by atoms with E-state index >= 15 is 0 Å². The van der Waals surface area contributed by atoms with Gasteiger partial charge in [-0.05, 0) is 49.9 Å². The number of hydrogen-bond acceptors (Lipinski definition) is 4. The van der Waals surface area contributed by atoms with Crippen molar-refractivity contribution in [1.29, 1.82) is 0 Å². The Morgan fingerprint density at radius 1 is 1.18 bits per heavy atom. The molecule has 0 spiro atoms. The summed E-state index contributed by atoms with van der Waals surface area (Å²) in [5.74, 6) is 0.232. The summed E-state index contributed by atoms with van der Waals surface area (Å²) < 4.78 is 10.8. The van der Waals surface area contributed by atoms with Gasteiger partial charge in [-0.25, -0.2) is 0 Å². The van der Waals surface area contributed by atoms with E-state index in [1.165, 1.54) is 6.26 Å². The average molecular weight is 384 g/mol. The molecule has 1 aliphatic rings. The fourth-order valence-electron chi connectivity index (χ4n) is 3.33. The van der Waals surface area contributed by atoms with Crippen LogP contribution < -0.4 is 5.32 Å². The molecule has 1 saturated heterocycles. The van der Waals surface area contributed by atoms with Crippen molar-refractivity contribution in [3.05, 3.63) is 59.5 Å². The van der Waals surface area contributed by atoms with Crippen LogP contribution in [0.5, 0.6) is 0 Å². The predicted octanol–water partition coefficient (Wildman–Crippen LogP) is 3.37. The van der Waals surface area contributed by atoms with Crippen LogP contribution in [0.1, 0.15) is 48.4 Å². The van der Waals surface area contributed by atoms with Crippen LogP contribution >= 0.6 is 0 Å². The third-order valence-corrected chi connectivity index (χ3v) is 4.93. The third-order valence-electron chi connectivity index (χ3n) is 4.93. The van der Waals surface area contributed by atoms with Crippen molar-refractivity contribution in [3.8, 4) is 0 Å². The monoisotopic (exact) mass is 384 g/mol. The van der Waals surface area contributed by atoms with Gasteiger partial charge in [0.15, 0.2) is 5.76 Å². The van der Waals surface area contributed by atoms with Crippen LogP contribution in [0.25, 0.3) is 0 Å². The minimum absolute atomic E-state index is 0.0499. The van der Waals surface area contributed by atoms with Crippen molar-refractivity contribution in [3.63, 3.8) is 0 Å². The van der Waals surface area contributed by atoms with Crippen LogP contribution in [0, 0.1) is 5.92 Å². The van der Waals surface area contributed by atoms with Crippen molar-refractivity contribution in [2.24, 2.45) is 5.92 Å². The van der Waals surface area contributed by atoms with Gasteiger partial charge in [-0.2, -0.15) is 0 Å². The summed E-state index contributed by atoms with van der Waals surface area (Å²) in [5, 5.41) is 3.03. The minimum Gasteiger partial charge on any atom is -0.459 e. The Hall–Kier alpha value is -2.60. The number of benzene rings is 1. The quantitative estimate of drug-likeness (QED) is 0.794. The molecule has 2 amide bonds. The molecule has 0 unspecified atom stereocenters. The summed E-state index contributed by atoms with van der Waals surface area (Å²) in [6.07, 6.45) is 3.02. The van der Waals surface area contributed by atoms with E-state index in [2.05, 4.69) is 11.4 Å². The van der Waals surface area contributed by atoms with Crippen molar-refractivity contribution < 1.29 is 18.7 Å². The smallest absolute Gasteiger partial charge is 0.289 e. The Labute approximate surface area is 165 Å². The molecular weight excluding hydrogens is 356 g/mol. The van der Waals surface area contributed by atoms with Crippen molar-refractivity contribution in [2.45, 2.75) is 45.9 Å². The summed E-state index contributed by atoms with van der Waals surface area (Å²) in [6, 6.07) is 11.5. The highest BCUT2D eigenvalue weighted by atomic mass is 16.5. The van der Waals surface area contributed by atoms with Gasteiger partial charge in [-0.3, -0.25) is 9.59 Å². The van der Waals surface area contributed by atoms with Gasteiger partial charge < -0.3 is 19.4 Å². The number of carbonyl (C=O) groups is 2. The van der Waals surface area contributed by atoms with Gasteiger partial charge in [-0.1, -0.05) is 24.3 Å². The SMILES string of the molecule is CC(C)OCc1cccc(CNC(=O)C2CCN(C(=O)c3ccco3)CC2)c1. The molecule has 2 aromatic rings. The minimum atomic E-state index is -0.107. The Balaban J connectivity index is 1.45. The van der Waals surface area contributed by atoms with E-state index in [0.717, 1.165) is 11.1 Å². The zero-order valence-electron chi connectivity index (χ0n) is 16.5. The topological polar surface area (TPSA) is 71.8 Å². The largest absolute Gasteiger partial charge is 0.459 e. The number of piperidine rings is 1. The molecule has 6 heteroatoms. The van der Waals surface area contributed by atoms with Crippen LogP contribution in [0.15, 0.2) is 47.1 Å². The highest BCUT2D eigenvalue weighted by Crippen LogP contribution is 2.20. The normalized spacial score (nSPS) is 15.0. The maximum absolute atomic E-state index is 12.5. The van der Waals surface area contributed by atoms with Gasteiger partial charge >= 0.3 is 0 Å². The number of furan rings is 1. The van der Waals surface area contributed by atoms with E-state index in [1.54, 1.807) is 17.0 Å². The first-order chi connectivity index (χ1) is 13.5. The van der Waals surface area contributed by atoms with Crippen LogP contribution in [0.2, 0.25) is 0 Å². The molecule has 0 radical (unpaired) electrons. The molecule has 0 aliphatic carbocycles. The Morgan fingerprint density at radius 3 is 2.61 bits per heavy atom. The molecule has 1 fully saturated rings.